The summed E-state index contributed by atoms with van der Waals surface area (Å²) >= 11 is 5.99. The Kier molecular flexibility index (Phi) is 9.69. The minimum atomic E-state index is 0. The summed E-state index contributed by atoms with van der Waals surface area (Å²) in [5.74, 6) is 0.879. The first kappa shape index (κ1) is 24.9. The molecule has 32 heavy (non-hydrogen) atoms. The number of aliphatic imine (C=N–C) groups is 1. The Morgan fingerprint density at radius 1 is 1.03 bits per heavy atom. The predicted molar refractivity (Wildman–Crippen MR) is 146 cm³/mol. The molecule has 4 rings (SSSR count). The molecule has 2 aliphatic heterocycles. The van der Waals surface area contributed by atoms with Gasteiger partial charge in [-0.3, -0.25) is 9.89 Å². The molecule has 0 aromatic heterocycles. The quantitative estimate of drug-likeness (QED) is 0.231. The van der Waals surface area contributed by atoms with Crippen molar-refractivity contribution in [2.45, 2.75) is 32.0 Å². The minimum Gasteiger partial charge on any atom is -0.364 e. The van der Waals surface area contributed by atoms with Crippen LogP contribution in [0, 0.1) is 0 Å². The van der Waals surface area contributed by atoms with Crippen LogP contribution in [0.15, 0.2) is 65.7 Å². The molecule has 2 aromatic rings. The van der Waals surface area contributed by atoms with Crippen LogP contribution in [0.3, 0.4) is 0 Å². The monoisotopic (exact) mass is 565 g/mol. The Labute approximate surface area is 213 Å². The van der Waals surface area contributed by atoms with Crippen molar-refractivity contribution in [1.29, 1.82) is 0 Å². The highest BCUT2D eigenvalue weighted by Crippen LogP contribution is 2.19. The second-order valence-corrected chi connectivity index (χ2v) is 8.73. The molecule has 0 saturated carbocycles. The van der Waals surface area contributed by atoms with Gasteiger partial charge in [0.25, 0.3) is 0 Å². The van der Waals surface area contributed by atoms with Gasteiger partial charge >= 0.3 is 0 Å². The van der Waals surface area contributed by atoms with Crippen LogP contribution in [-0.2, 0) is 13.1 Å². The first-order valence-corrected chi connectivity index (χ1v) is 11.5. The van der Waals surface area contributed by atoms with Crippen LogP contribution in [0.25, 0.3) is 0 Å². The maximum atomic E-state index is 5.99. The van der Waals surface area contributed by atoms with E-state index in [0.717, 1.165) is 63.1 Å². The van der Waals surface area contributed by atoms with E-state index in [1.807, 2.05) is 19.2 Å². The van der Waals surface area contributed by atoms with Crippen molar-refractivity contribution in [2.24, 2.45) is 4.99 Å². The average molecular weight is 566 g/mol. The summed E-state index contributed by atoms with van der Waals surface area (Å²) in [6.07, 6.45) is 6.67. The van der Waals surface area contributed by atoms with E-state index in [-0.39, 0.29) is 24.0 Å². The smallest absolute Gasteiger partial charge is 0.191 e. The van der Waals surface area contributed by atoms with Gasteiger partial charge in [0.05, 0.1) is 0 Å². The summed E-state index contributed by atoms with van der Waals surface area (Å²) in [6, 6.07) is 17.4. The van der Waals surface area contributed by atoms with Gasteiger partial charge in [0.1, 0.15) is 0 Å². The van der Waals surface area contributed by atoms with Gasteiger partial charge in [-0.2, -0.15) is 0 Å². The lowest BCUT2D eigenvalue weighted by Crippen LogP contribution is -2.48. The van der Waals surface area contributed by atoms with Gasteiger partial charge in [0, 0.05) is 63.1 Å². The first-order valence-electron chi connectivity index (χ1n) is 11.1. The van der Waals surface area contributed by atoms with Crippen molar-refractivity contribution < 1.29 is 0 Å². The van der Waals surface area contributed by atoms with Gasteiger partial charge in [-0.1, -0.05) is 48.0 Å². The molecule has 2 aliphatic rings. The van der Waals surface area contributed by atoms with Gasteiger partial charge in [-0.15, -0.1) is 24.0 Å². The van der Waals surface area contributed by atoms with Crippen LogP contribution in [0.5, 0.6) is 0 Å². The fraction of sp³-hybridized carbons (Fsp3) is 0.400. The highest BCUT2D eigenvalue weighted by molar-refractivity contribution is 14.0. The van der Waals surface area contributed by atoms with E-state index in [0.29, 0.717) is 6.04 Å². The van der Waals surface area contributed by atoms with Crippen molar-refractivity contribution in [3.8, 4) is 0 Å². The average Bonchev–Trinajstić information content (AvgIpc) is 3.35. The summed E-state index contributed by atoms with van der Waals surface area (Å²) in [6.45, 7) is 5.92. The largest absolute Gasteiger partial charge is 0.364 e. The lowest BCUT2D eigenvalue weighted by molar-refractivity contribution is 0.198. The number of guanidine groups is 1. The van der Waals surface area contributed by atoms with Crippen LogP contribution < -0.4 is 15.5 Å². The van der Waals surface area contributed by atoms with Gasteiger partial charge in [0.2, 0.25) is 0 Å². The number of rotatable bonds is 6. The van der Waals surface area contributed by atoms with Gasteiger partial charge in [0.15, 0.2) is 5.96 Å². The molecule has 172 valence electrons. The molecule has 0 amide bonds. The van der Waals surface area contributed by atoms with E-state index < -0.39 is 0 Å². The zero-order chi connectivity index (χ0) is 21.5. The molecule has 1 fully saturated rings. The third-order valence-electron chi connectivity index (χ3n) is 6.03. The maximum Gasteiger partial charge on any atom is 0.191 e. The summed E-state index contributed by atoms with van der Waals surface area (Å²) in [4.78, 5) is 9.32. The molecular weight excluding hydrogens is 533 g/mol. The molecule has 2 N–H and O–H groups in total. The molecule has 0 spiro atoms. The number of nitrogens with one attached hydrogen (secondary N) is 2. The number of hydrogen-bond acceptors (Lipinski definition) is 3. The number of piperidine rings is 1. The molecule has 0 radical (unpaired) electrons. The Hall–Kier alpha value is -1.77. The molecule has 0 aliphatic carbocycles. The van der Waals surface area contributed by atoms with Crippen LogP contribution in [0.2, 0.25) is 5.02 Å². The third kappa shape index (κ3) is 7.12. The molecule has 2 aromatic carbocycles. The molecule has 2 heterocycles. The fourth-order valence-electron chi connectivity index (χ4n) is 4.21. The lowest BCUT2D eigenvalue weighted by Gasteiger charge is -2.33. The Morgan fingerprint density at radius 2 is 1.75 bits per heavy atom. The van der Waals surface area contributed by atoms with Gasteiger partial charge < -0.3 is 15.5 Å². The SMILES string of the molecule is CN=C(NCc1cccc(N2CC=CC2)c1)NC1CCN(Cc2ccc(Cl)cc2)CC1.I. The Morgan fingerprint density at radius 3 is 2.44 bits per heavy atom. The Bertz CT molecular complexity index is 899. The van der Waals surface area contributed by atoms with Crippen molar-refractivity contribution in [3.63, 3.8) is 0 Å². The molecular formula is C25H33ClIN5. The number of hydrogen-bond donors (Lipinski definition) is 2. The summed E-state index contributed by atoms with van der Waals surface area (Å²) < 4.78 is 0. The summed E-state index contributed by atoms with van der Waals surface area (Å²) in [7, 11) is 1.84. The van der Waals surface area contributed by atoms with Crippen molar-refractivity contribution >= 4 is 47.2 Å². The van der Waals surface area contributed by atoms with Crippen LogP contribution in [0.4, 0.5) is 5.69 Å². The molecule has 0 bridgehead atoms. The number of anilines is 1. The summed E-state index contributed by atoms with van der Waals surface area (Å²) in [5, 5.41) is 7.89. The van der Waals surface area contributed by atoms with E-state index in [9.17, 15) is 0 Å². The molecule has 0 atom stereocenters. The Balaban J connectivity index is 0.00000289. The predicted octanol–water partition coefficient (Wildman–Crippen LogP) is 4.66. The van der Waals surface area contributed by atoms with Crippen LogP contribution >= 0.6 is 35.6 Å². The van der Waals surface area contributed by atoms with E-state index >= 15 is 0 Å². The van der Waals surface area contributed by atoms with Crippen molar-refractivity contribution in [2.75, 3.05) is 38.1 Å². The first-order chi connectivity index (χ1) is 15.2. The normalized spacial score (nSPS) is 17.3. The van der Waals surface area contributed by atoms with Crippen LogP contribution in [-0.4, -0.2) is 50.1 Å². The molecule has 5 nitrogen and oxygen atoms in total. The highest BCUT2D eigenvalue weighted by atomic mass is 127. The van der Waals surface area contributed by atoms with Crippen molar-refractivity contribution in [3.05, 3.63) is 76.8 Å². The molecule has 0 unspecified atom stereocenters. The van der Waals surface area contributed by atoms with Gasteiger partial charge in [-0.05, 0) is 48.2 Å². The summed E-state index contributed by atoms with van der Waals surface area (Å²) in [5.41, 5.74) is 3.87. The van der Waals surface area contributed by atoms with E-state index in [2.05, 4.69) is 74.0 Å². The van der Waals surface area contributed by atoms with Crippen molar-refractivity contribution in [1.82, 2.24) is 15.5 Å². The van der Waals surface area contributed by atoms with Gasteiger partial charge in [-0.25, -0.2) is 0 Å². The maximum absolute atomic E-state index is 5.99. The second-order valence-electron chi connectivity index (χ2n) is 8.29. The van der Waals surface area contributed by atoms with E-state index in [1.54, 1.807) is 0 Å². The highest BCUT2D eigenvalue weighted by Gasteiger charge is 2.20. The van der Waals surface area contributed by atoms with E-state index in [1.165, 1.54) is 16.8 Å². The lowest BCUT2D eigenvalue weighted by atomic mass is 10.0. The zero-order valence-electron chi connectivity index (χ0n) is 18.6. The second kappa shape index (κ2) is 12.5. The topological polar surface area (TPSA) is 42.9 Å². The minimum absolute atomic E-state index is 0. The zero-order valence-corrected chi connectivity index (χ0v) is 21.7. The number of likely N-dealkylation sites (tertiary alicyclic amines) is 1. The van der Waals surface area contributed by atoms with Crippen LogP contribution in [0.1, 0.15) is 24.0 Å². The molecule has 1 saturated heterocycles. The number of halogens is 2. The van der Waals surface area contributed by atoms with E-state index in [4.69, 9.17) is 11.6 Å². The standard InChI is InChI=1S/C25H32ClN5.HI/c1-27-25(28-18-21-5-4-6-24(17-21)31-13-2-3-14-31)29-23-11-15-30(16-12-23)19-20-7-9-22(26)10-8-20;/h2-10,17,23H,11-16,18-19H2,1H3,(H2,27,28,29);1H. The third-order valence-corrected chi connectivity index (χ3v) is 6.28. The number of nitrogens with zero attached hydrogens (tertiary/aromatic N) is 3. The fourth-order valence-corrected chi connectivity index (χ4v) is 4.34. The number of benzene rings is 2. The molecule has 7 heteroatoms.